The van der Waals surface area contributed by atoms with Crippen molar-refractivity contribution < 1.29 is 17.9 Å². The Kier molecular flexibility index (Phi) is 7.91. The summed E-state index contributed by atoms with van der Waals surface area (Å²) < 4.78 is 33.5. The molecule has 1 aromatic carbocycles. The number of nitrogens with one attached hydrogen (secondary N) is 1. The maximum atomic E-state index is 13.2. The molecule has 0 aliphatic carbocycles. The van der Waals surface area contributed by atoms with E-state index in [1.165, 1.54) is 0 Å². The molecule has 0 saturated carbocycles. The second kappa shape index (κ2) is 9.73. The number of hydrogen-bond donors (Lipinski definition) is 2. The first-order valence-corrected chi connectivity index (χ1v) is 10.7. The van der Waals surface area contributed by atoms with Crippen LogP contribution in [0.2, 0.25) is 0 Å². The molecular formula is C18H28ClN3O4S. The van der Waals surface area contributed by atoms with Gasteiger partial charge in [-0.15, -0.1) is 12.4 Å². The molecule has 152 valence electrons. The molecule has 3 rings (SSSR count). The van der Waals surface area contributed by atoms with E-state index in [-0.39, 0.29) is 37.3 Å². The van der Waals surface area contributed by atoms with Crippen LogP contribution in [0.1, 0.15) is 37.7 Å². The number of ether oxygens (including phenoxy) is 1. The molecule has 2 heterocycles. The van der Waals surface area contributed by atoms with Gasteiger partial charge in [0, 0.05) is 32.1 Å². The number of carbonyl (C=O) groups is 1. The lowest BCUT2D eigenvalue weighted by atomic mass is 10.1. The predicted molar refractivity (Wildman–Crippen MR) is 106 cm³/mol. The largest absolute Gasteiger partial charge is 0.493 e. The number of rotatable bonds is 6. The summed E-state index contributed by atoms with van der Waals surface area (Å²) in [4.78, 5) is 12.0. The van der Waals surface area contributed by atoms with E-state index in [9.17, 15) is 13.2 Å². The highest BCUT2D eigenvalue weighted by Crippen LogP contribution is 2.30. The van der Waals surface area contributed by atoms with Gasteiger partial charge in [-0.2, -0.15) is 4.31 Å². The van der Waals surface area contributed by atoms with Crippen LogP contribution >= 0.6 is 12.4 Å². The van der Waals surface area contributed by atoms with Crippen LogP contribution in [0.4, 0.5) is 0 Å². The zero-order chi connectivity index (χ0) is 18.6. The minimum Gasteiger partial charge on any atom is -0.493 e. The third-order valence-electron chi connectivity index (χ3n) is 4.97. The molecule has 1 aromatic rings. The Morgan fingerprint density at radius 2 is 2.11 bits per heavy atom. The van der Waals surface area contributed by atoms with Gasteiger partial charge in [-0.25, -0.2) is 8.42 Å². The summed E-state index contributed by atoms with van der Waals surface area (Å²) in [7, 11) is -3.60. The zero-order valence-electron chi connectivity index (χ0n) is 15.4. The zero-order valence-corrected chi connectivity index (χ0v) is 17.0. The van der Waals surface area contributed by atoms with Crippen LogP contribution in [-0.4, -0.2) is 50.9 Å². The van der Waals surface area contributed by atoms with Crippen LogP contribution in [-0.2, 0) is 21.2 Å². The van der Waals surface area contributed by atoms with Gasteiger partial charge in [-0.1, -0.05) is 6.42 Å². The number of nitrogens with zero attached hydrogens (tertiary/aromatic N) is 1. The summed E-state index contributed by atoms with van der Waals surface area (Å²) in [5, 5.41) is 2.81. The van der Waals surface area contributed by atoms with E-state index in [1.54, 1.807) is 22.5 Å². The van der Waals surface area contributed by atoms with Gasteiger partial charge in [0.05, 0.1) is 11.5 Å². The van der Waals surface area contributed by atoms with Gasteiger partial charge < -0.3 is 15.8 Å². The molecule has 0 bridgehead atoms. The molecule has 1 amide bonds. The Hall–Kier alpha value is -1.35. The average molecular weight is 418 g/mol. The lowest BCUT2D eigenvalue weighted by Gasteiger charge is -2.35. The van der Waals surface area contributed by atoms with Crippen molar-refractivity contribution in [3.8, 4) is 5.75 Å². The van der Waals surface area contributed by atoms with Crippen LogP contribution < -0.4 is 15.8 Å². The van der Waals surface area contributed by atoms with E-state index < -0.39 is 10.0 Å². The van der Waals surface area contributed by atoms with Crippen LogP contribution in [0.25, 0.3) is 0 Å². The quantitative estimate of drug-likeness (QED) is 0.729. The molecule has 1 fully saturated rings. The summed E-state index contributed by atoms with van der Waals surface area (Å²) in [6.07, 6.45) is 4.52. The molecule has 0 radical (unpaired) electrons. The van der Waals surface area contributed by atoms with Crippen molar-refractivity contribution in [3.05, 3.63) is 23.8 Å². The lowest BCUT2D eigenvalue weighted by Crippen LogP contribution is -2.49. The summed E-state index contributed by atoms with van der Waals surface area (Å²) in [6, 6.07) is 4.90. The summed E-state index contributed by atoms with van der Waals surface area (Å²) in [5.41, 5.74) is 6.34. The van der Waals surface area contributed by atoms with E-state index in [1.807, 2.05) is 0 Å². The number of amides is 1. The summed E-state index contributed by atoms with van der Waals surface area (Å²) in [6.45, 7) is 1.77. The Bertz CT molecular complexity index is 757. The van der Waals surface area contributed by atoms with Gasteiger partial charge >= 0.3 is 0 Å². The second-order valence-corrected chi connectivity index (χ2v) is 8.72. The fraction of sp³-hybridized carbons (Fsp3) is 0.611. The maximum Gasteiger partial charge on any atom is 0.243 e. The highest BCUT2D eigenvalue weighted by Gasteiger charge is 2.34. The predicted octanol–water partition coefficient (Wildman–Crippen LogP) is 1.44. The van der Waals surface area contributed by atoms with E-state index in [0.717, 1.165) is 43.4 Å². The molecule has 2 aliphatic rings. The number of sulfonamides is 1. The molecule has 3 N–H and O–H groups in total. The molecule has 7 nitrogen and oxygen atoms in total. The Labute approximate surface area is 167 Å². The minimum absolute atomic E-state index is 0. The van der Waals surface area contributed by atoms with E-state index >= 15 is 0 Å². The van der Waals surface area contributed by atoms with Crippen molar-refractivity contribution in [1.29, 1.82) is 0 Å². The lowest BCUT2D eigenvalue weighted by molar-refractivity contribution is -0.121. The molecular weight excluding hydrogens is 390 g/mol. The summed E-state index contributed by atoms with van der Waals surface area (Å²) >= 11 is 0. The second-order valence-electron chi connectivity index (χ2n) is 6.83. The van der Waals surface area contributed by atoms with Gasteiger partial charge in [0.1, 0.15) is 5.75 Å². The number of nitrogens with two attached hydrogens (primary N) is 1. The highest BCUT2D eigenvalue weighted by atomic mass is 35.5. The number of halogens is 1. The number of aryl methyl sites for hydroxylation is 1. The molecule has 27 heavy (non-hydrogen) atoms. The fourth-order valence-electron chi connectivity index (χ4n) is 3.58. The van der Waals surface area contributed by atoms with Crippen molar-refractivity contribution in [3.63, 3.8) is 0 Å². The van der Waals surface area contributed by atoms with E-state index in [0.29, 0.717) is 24.6 Å². The van der Waals surface area contributed by atoms with E-state index in [4.69, 9.17) is 10.5 Å². The third-order valence-corrected chi connectivity index (χ3v) is 6.91. The average Bonchev–Trinajstić information content (AvgIpc) is 2.66. The van der Waals surface area contributed by atoms with Crippen molar-refractivity contribution in [2.75, 3.05) is 26.2 Å². The van der Waals surface area contributed by atoms with Crippen molar-refractivity contribution in [2.24, 2.45) is 5.73 Å². The van der Waals surface area contributed by atoms with Gasteiger partial charge in [0.2, 0.25) is 15.9 Å². The van der Waals surface area contributed by atoms with Crippen LogP contribution in [0, 0.1) is 0 Å². The van der Waals surface area contributed by atoms with Crippen molar-refractivity contribution in [1.82, 2.24) is 9.62 Å². The maximum absolute atomic E-state index is 13.2. The minimum atomic E-state index is -3.60. The molecule has 1 saturated heterocycles. The summed E-state index contributed by atoms with van der Waals surface area (Å²) in [5.74, 6) is 0.640. The van der Waals surface area contributed by atoms with Gasteiger partial charge in [0.15, 0.2) is 0 Å². The third kappa shape index (κ3) is 5.13. The first-order chi connectivity index (χ1) is 12.5. The Balaban J connectivity index is 0.00000261. The SMILES string of the molecule is Cl.NCCC(=O)NCC1CCCCN1S(=O)(=O)c1ccc2c(c1)CCCO2. The van der Waals surface area contributed by atoms with Gasteiger partial charge in [-0.3, -0.25) is 4.79 Å². The number of hydrogen-bond acceptors (Lipinski definition) is 5. The van der Waals surface area contributed by atoms with Crippen LogP contribution in [0.15, 0.2) is 23.1 Å². The Morgan fingerprint density at radius 3 is 2.89 bits per heavy atom. The fourth-order valence-corrected chi connectivity index (χ4v) is 5.32. The van der Waals surface area contributed by atoms with Crippen molar-refractivity contribution in [2.45, 2.75) is 49.5 Å². The standard InChI is InChI=1S/C18H27N3O4S.ClH/c19-9-8-18(22)20-13-15-5-1-2-10-21(15)26(23,24)16-6-7-17-14(12-16)4-3-11-25-17;/h6-7,12,15H,1-5,8-11,13,19H2,(H,20,22);1H. The molecule has 1 atom stereocenters. The van der Waals surface area contributed by atoms with Gasteiger partial charge in [0.25, 0.3) is 0 Å². The first kappa shape index (κ1) is 21.9. The van der Waals surface area contributed by atoms with E-state index in [2.05, 4.69) is 5.32 Å². The topological polar surface area (TPSA) is 102 Å². The van der Waals surface area contributed by atoms with Crippen LogP contribution in [0.3, 0.4) is 0 Å². The Morgan fingerprint density at radius 1 is 1.30 bits per heavy atom. The molecule has 0 spiro atoms. The highest BCUT2D eigenvalue weighted by molar-refractivity contribution is 7.89. The smallest absolute Gasteiger partial charge is 0.243 e. The monoisotopic (exact) mass is 417 g/mol. The normalized spacial score (nSPS) is 20.1. The van der Waals surface area contributed by atoms with Crippen LogP contribution in [0.5, 0.6) is 5.75 Å². The number of fused-ring (bicyclic) bond motifs is 1. The number of carbonyl (C=O) groups excluding carboxylic acids is 1. The molecule has 0 aromatic heterocycles. The molecule has 2 aliphatic heterocycles. The number of benzene rings is 1. The number of piperidine rings is 1. The van der Waals surface area contributed by atoms with Gasteiger partial charge in [-0.05, 0) is 49.4 Å². The first-order valence-electron chi connectivity index (χ1n) is 9.26. The van der Waals surface area contributed by atoms with Crippen molar-refractivity contribution >= 4 is 28.3 Å². The molecule has 9 heteroatoms. The molecule has 1 unspecified atom stereocenters.